The number of hydrogen-bond acceptors (Lipinski definition) is 2. The van der Waals surface area contributed by atoms with Crippen LogP contribution in [0.4, 0.5) is 0 Å². The van der Waals surface area contributed by atoms with Crippen molar-refractivity contribution in [2.75, 3.05) is 0 Å². The maximum atomic E-state index is 6.17. The molecule has 2 heterocycles. The summed E-state index contributed by atoms with van der Waals surface area (Å²) in [5.74, 6) is 0.716. The van der Waals surface area contributed by atoms with E-state index in [0.717, 1.165) is 10.2 Å². The van der Waals surface area contributed by atoms with Gasteiger partial charge in [0.05, 0.1) is 5.69 Å². The summed E-state index contributed by atoms with van der Waals surface area (Å²) in [6.07, 6.45) is 1.73. The van der Waals surface area contributed by atoms with E-state index in [4.69, 9.17) is 11.6 Å². The van der Waals surface area contributed by atoms with Crippen molar-refractivity contribution in [1.29, 1.82) is 0 Å². The Morgan fingerprint density at radius 1 is 1.29 bits per heavy atom. The molecule has 0 aliphatic carbocycles. The second kappa shape index (κ2) is 4.42. The highest BCUT2D eigenvalue weighted by atomic mass is 79.9. The molecule has 0 aromatic carbocycles. The molecule has 0 bridgehead atoms. The van der Waals surface area contributed by atoms with Crippen molar-refractivity contribution in [2.45, 2.75) is 26.2 Å². The third-order valence-electron chi connectivity index (χ3n) is 2.36. The number of pyridine rings is 1. The molecule has 90 valence electrons. The average molecular weight is 315 g/mol. The van der Waals surface area contributed by atoms with E-state index in [-0.39, 0.29) is 5.41 Å². The lowest BCUT2D eigenvalue weighted by atomic mass is 9.93. The molecule has 2 rings (SSSR count). The molecule has 17 heavy (non-hydrogen) atoms. The summed E-state index contributed by atoms with van der Waals surface area (Å²) >= 11 is 9.52. The Morgan fingerprint density at radius 2 is 2.00 bits per heavy atom. The zero-order chi connectivity index (χ0) is 12.6. The lowest BCUT2D eigenvalue weighted by Crippen LogP contribution is -2.12. The third-order valence-corrected chi connectivity index (χ3v) is 3.10. The van der Waals surface area contributed by atoms with Crippen molar-refractivity contribution >= 4 is 27.5 Å². The van der Waals surface area contributed by atoms with E-state index < -0.39 is 0 Å². The van der Waals surface area contributed by atoms with E-state index in [1.165, 1.54) is 0 Å². The van der Waals surface area contributed by atoms with Gasteiger partial charge < -0.3 is 0 Å². The minimum Gasteiger partial charge on any atom is -0.236 e. The second-order valence-electron chi connectivity index (χ2n) is 4.85. The van der Waals surface area contributed by atoms with Gasteiger partial charge in [0.1, 0.15) is 5.15 Å². The lowest BCUT2D eigenvalue weighted by molar-refractivity contribution is 0.559. The molecule has 0 spiro atoms. The van der Waals surface area contributed by atoms with Crippen LogP contribution in [-0.4, -0.2) is 14.8 Å². The number of rotatable bonds is 1. The van der Waals surface area contributed by atoms with Crippen molar-refractivity contribution in [3.8, 4) is 5.82 Å². The summed E-state index contributed by atoms with van der Waals surface area (Å²) in [5, 5.41) is 5.06. The van der Waals surface area contributed by atoms with Gasteiger partial charge in [-0.3, -0.25) is 0 Å². The zero-order valence-electron chi connectivity index (χ0n) is 9.91. The highest BCUT2D eigenvalue weighted by Crippen LogP contribution is 2.25. The summed E-state index contributed by atoms with van der Waals surface area (Å²) < 4.78 is 2.58. The molecule has 0 saturated heterocycles. The Hall–Kier alpha value is -0.870. The van der Waals surface area contributed by atoms with Crippen molar-refractivity contribution in [1.82, 2.24) is 14.8 Å². The minimum atomic E-state index is -0.0236. The summed E-state index contributed by atoms with van der Waals surface area (Å²) in [5.41, 5.74) is 0.928. The Kier molecular flexibility index (Phi) is 3.27. The van der Waals surface area contributed by atoms with Crippen LogP contribution in [0.3, 0.4) is 0 Å². The Balaban J connectivity index is 2.46. The smallest absolute Gasteiger partial charge is 0.155 e. The molecular weight excluding hydrogens is 302 g/mol. The largest absolute Gasteiger partial charge is 0.236 e. The Bertz CT molecular complexity index is 526. The van der Waals surface area contributed by atoms with Crippen LogP contribution in [0, 0.1) is 0 Å². The predicted molar refractivity (Wildman–Crippen MR) is 72.8 cm³/mol. The summed E-state index contributed by atoms with van der Waals surface area (Å²) in [4.78, 5) is 4.27. The summed E-state index contributed by atoms with van der Waals surface area (Å²) in [6, 6.07) is 5.66. The van der Waals surface area contributed by atoms with Gasteiger partial charge in [-0.1, -0.05) is 32.4 Å². The van der Waals surface area contributed by atoms with Gasteiger partial charge in [0.25, 0.3) is 0 Å². The van der Waals surface area contributed by atoms with Gasteiger partial charge in [-0.25, -0.2) is 9.67 Å². The number of nitrogens with zero attached hydrogens (tertiary/aromatic N) is 3. The molecular formula is C12H13BrClN3. The van der Waals surface area contributed by atoms with Crippen LogP contribution in [0.15, 0.2) is 28.9 Å². The van der Waals surface area contributed by atoms with Crippen LogP contribution in [0.25, 0.3) is 5.82 Å². The van der Waals surface area contributed by atoms with Crippen LogP contribution in [0.1, 0.15) is 26.5 Å². The summed E-state index contributed by atoms with van der Waals surface area (Å²) in [6.45, 7) is 6.31. The molecule has 0 fully saturated rings. The van der Waals surface area contributed by atoms with E-state index in [1.807, 2.05) is 18.2 Å². The second-order valence-corrected chi connectivity index (χ2v) is 6.15. The van der Waals surface area contributed by atoms with Crippen LogP contribution >= 0.6 is 27.5 Å². The molecule has 2 aromatic rings. The SMILES string of the molecule is CC(C)(C)c1cc(Cl)n(-c2ccc(Br)cn2)n1. The number of hydrogen-bond donors (Lipinski definition) is 0. The molecule has 5 heteroatoms. The first-order valence-electron chi connectivity index (χ1n) is 5.26. The molecule has 2 aromatic heterocycles. The first-order valence-corrected chi connectivity index (χ1v) is 6.43. The van der Waals surface area contributed by atoms with Crippen molar-refractivity contribution in [3.63, 3.8) is 0 Å². The van der Waals surface area contributed by atoms with Crippen molar-refractivity contribution in [3.05, 3.63) is 39.7 Å². The fourth-order valence-electron chi connectivity index (χ4n) is 1.38. The molecule has 0 amide bonds. The number of aromatic nitrogens is 3. The normalized spacial score (nSPS) is 11.8. The van der Waals surface area contributed by atoms with Gasteiger partial charge >= 0.3 is 0 Å². The highest BCUT2D eigenvalue weighted by molar-refractivity contribution is 9.10. The monoisotopic (exact) mass is 313 g/mol. The van der Waals surface area contributed by atoms with Gasteiger partial charge in [0, 0.05) is 16.1 Å². The number of halogens is 2. The Morgan fingerprint density at radius 3 is 2.47 bits per heavy atom. The lowest BCUT2D eigenvalue weighted by Gasteiger charge is -2.14. The fraction of sp³-hybridized carbons (Fsp3) is 0.333. The average Bonchev–Trinajstić information content (AvgIpc) is 2.61. The molecule has 0 radical (unpaired) electrons. The molecule has 3 nitrogen and oxygen atoms in total. The quantitative estimate of drug-likeness (QED) is 0.797. The van der Waals surface area contributed by atoms with Gasteiger partial charge in [0.2, 0.25) is 0 Å². The first-order chi connectivity index (χ1) is 7.88. The van der Waals surface area contributed by atoms with Gasteiger partial charge in [0.15, 0.2) is 5.82 Å². The maximum Gasteiger partial charge on any atom is 0.155 e. The third kappa shape index (κ3) is 2.69. The van der Waals surface area contributed by atoms with E-state index in [1.54, 1.807) is 10.9 Å². The minimum absolute atomic E-state index is 0.0236. The standard InChI is InChI=1S/C12H13BrClN3/c1-12(2,3)9-6-10(14)17(16-9)11-5-4-8(13)7-15-11/h4-7H,1-3H3. The van der Waals surface area contributed by atoms with E-state index in [0.29, 0.717) is 11.0 Å². The predicted octanol–water partition coefficient (Wildman–Crippen LogP) is 3.98. The van der Waals surface area contributed by atoms with Crippen LogP contribution in [0.2, 0.25) is 5.15 Å². The van der Waals surface area contributed by atoms with Crippen LogP contribution in [-0.2, 0) is 5.41 Å². The van der Waals surface area contributed by atoms with E-state index in [2.05, 4.69) is 46.8 Å². The van der Waals surface area contributed by atoms with Crippen LogP contribution < -0.4 is 0 Å². The van der Waals surface area contributed by atoms with Gasteiger partial charge in [-0.2, -0.15) is 5.10 Å². The van der Waals surface area contributed by atoms with Gasteiger partial charge in [-0.05, 0) is 34.1 Å². The highest BCUT2D eigenvalue weighted by Gasteiger charge is 2.20. The molecule has 0 saturated carbocycles. The first kappa shape index (κ1) is 12.6. The molecule has 0 aliphatic rings. The van der Waals surface area contributed by atoms with Gasteiger partial charge in [-0.15, -0.1) is 0 Å². The maximum absolute atomic E-state index is 6.17. The van der Waals surface area contributed by atoms with E-state index >= 15 is 0 Å². The topological polar surface area (TPSA) is 30.7 Å². The molecule has 0 N–H and O–H groups in total. The van der Waals surface area contributed by atoms with E-state index in [9.17, 15) is 0 Å². The fourth-order valence-corrected chi connectivity index (χ4v) is 1.84. The van der Waals surface area contributed by atoms with Crippen molar-refractivity contribution < 1.29 is 0 Å². The summed E-state index contributed by atoms with van der Waals surface area (Å²) in [7, 11) is 0. The molecule has 0 atom stereocenters. The zero-order valence-corrected chi connectivity index (χ0v) is 12.2. The van der Waals surface area contributed by atoms with Crippen LogP contribution in [0.5, 0.6) is 0 Å². The molecule has 0 unspecified atom stereocenters. The Labute approximate surface area is 114 Å². The van der Waals surface area contributed by atoms with Crippen molar-refractivity contribution in [2.24, 2.45) is 0 Å². The molecule has 0 aliphatic heterocycles.